The molecule has 5 nitrogen and oxygen atoms in total. The summed E-state index contributed by atoms with van der Waals surface area (Å²) in [5.74, 6) is -0.341. The molecule has 0 unspecified atom stereocenters. The standard InChI is InChI=1S/C13H22N2O3/c1-6-8-10(11(16)14-9-7-2)15(12(17)18)13(3,4)5/h6-7,10H,1-2,8-9H2,3-5H3,(H,14,16)(H,17,18)/t10-/m0/s1. The summed E-state index contributed by atoms with van der Waals surface area (Å²) in [6.45, 7) is 12.6. The molecule has 2 N–H and O–H groups in total. The number of carbonyl (C=O) groups excluding carboxylic acids is 1. The van der Waals surface area contributed by atoms with E-state index in [1.165, 1.54) is 0 Å². The van der Waals surface area contributed by atoms with Gasteiger partial charge < -0.3 is 10.4 Å². The van der Waals surface area contributed by atoms with Crippen LogP contribution < -0.4 is 5.32 Å². The molecule has 0 aromatic carbocycles. The first-order valence-electron chi connectivity index (χ1n) is 5.77. The minimum atomic E-state index is -1.12. The summed E-state index contributed by atoms with van der Waals surface area (Å²) in [5.41, 5.74) is -0.662. The molecule has 18 heavy (non-hydrogen) atoms. The summed E-state index contributed by atoms with van der Waals surface area (Å²) in [6, 6.07) is -0.778. The van der Waals surface area contributed by atoms with E-state index in [2.05, 4.69) is 18.5 Å². The van der Waals surface area contributed by atoms with E-state index >= 15 is 0 Å². The van der Waals surface area contributed by atoms with E-state index in [4.69, 9.17) is 0 Å². The molecule has 2 amide bonds. The summed E-state index contributed by atoms with van der Waals surface area (Å²) < 4.78 is 0. The van der Waals surface area contributed by atoms with Crippen LogP contribution in [0.2, 0.25) is 0 Å². The Morgan fingerprint density at radius 2 is 1.89 bits per heavy atom. The first kappa shape index (κ1) is 16.2. The molecule has 0 aromatic rings. The lowest BCUT2D eigenvalue weighted by molar-refractivity contribution is -0.127. The van der Waals surface area contributed by atoms with E-state index in [-0.39, 0.29) is 12.3 Å². The molecule has 0 aliphatic carbocycles. The van der Waals surface area contributed by atoms with Gasteiger partial charge in [-0.15, -0.1) is 13.2 Å². The highest BCUT2D eigenvalue weighted by Gasteiger charge is 2.36. The van der Waals surface area contributed by atoms with Gasteiger partial charge in [-0.25, -0.2) is 4.79 Å². The van der Waals surface area contributed by atoms with Crippen molar-refractivity contribution in [2.45, 2.75) is 38.8 Å². The number of carboxylic acid groups (broad SMARTS) is 1. The first-order valence-corrected chi connectivity index (χ1v) is 5.77. The Morgan fingerprint density at radius 1 is 1.33 bits per heavy atom. The zero-order chi connectivity index (χ0) is 14.3. The van der Waals surface area contributed by atoms with Crippen LogP contribution in [0.4, 0.5) is 4.79 Å². The lowest BCUT2D eigenvalue weighted by Crippen LogP contribution is -2.56. The van der Waals surface area contributed by atoms with Crippen molar-refractivity contribution in [2.24, 2.45) is 0 Å². The Kier molecular flexibility index (Phi) is 6.16. The number of carbonyl (C=O) groups is 2. The smallest absolute Gasteiger partial charge is 0.408 e. The third-order valence-corrected chi connectivity index (χ3v) is 2.35. The van der Waals surface area contributed by atoms with Crippen molar-refractivity contribution < 1.29 is 14.7 Å². The topological polar surface area (TPSA) is 69.6 Å². The van der Waals surface area contributed by atoms with Gasteiger partial charge in [0.1, 0.15) is 6.04 Å². The average Bonchev–Trinajstić information content (AvgIpc) is 2.22. The maximum absolute atomic E-state index is 12.0. The monoisotopic (exact) mass is 254 g/mol. The summed E-state index contributed by atoms with van der Waals surface area (Å²) >= 11 is 0. The Labute approximate surface area is 108 Å². The van der Waals surface area contributed by atoms with Gasteiger partial charge in [-0.1, -0.05) is 12.2 Å². The highest BCUT2D eigenvalue weighted by Crippen LogP contribution is 2.19. The van der Waals surface area contributed by atoms with Crippen molar-refractivity contribution in [3.05, 3.63) is 25.3 Å². The summed E-state index contributed by atoms with van der Waals surface area (Å²) in [6.07, 6.45) is 2.24. The Balaban J connectivity index is 5.15. The molecule has 0 saturated carbocycles. The molecule has 0 radical (unpaired) electrons. The molecular weight excluding hydrogens is 232 g/mol. The summed E-state index contributed by atoms with van der Waals surface area (Å²) in [5, 5.41) is 11.9. The molecule has 0 spiro atoms. The predicted molar refractivity (Wildman–Crippen MR) is 71.4 cm³/mol. The minimum absolute atomic E-state index is 0.270. The molecule has 0 heterocycles. The quantitative estimate of drug-likeness (QED) is 0.712. The van der Waals surface area contributed by atoms with E-state index in [9.17, 15) is 14.7 Å². The van der Waals surface area contributed by atoms with Crippen molar-refractivity contribution >= 4 is 12.0 Å². The molecular formula is C13H22N2O3. The van der Waals surface area contributed by atoms with Crippen LogP contribution in [0.5, 0.6) is 0 Å². The zero-order valence-corrected chi connectivity index (χ0v) is 11.3. The van der Waals surface area contributed by atoms with Gasteiger partial charge >= 0.3 is 6.09 Å². The summed E-state index contributed by atoms with van der Waals surface area (Å²) in [4.78, 5) is 24.5. The lowest BCUT2D eigenvalue weighted by atomic mass is 10.0. The number of amides is 2. The number of nitrogens with one attached hydrogen (secondary N) is 1. The van der Waals surface area contributed by atoms with Crippen LogP contribution in [0.1, 0.15) is 27.2 Å². The van der Waals surface area contributed by atoms with Gasteiger partial charge in [0.2, 0.25) is 5.91 Å². The van der Waals surface area contributed by atoms with Crippen LogP contribution in [0, 0.1) is 0 Å². The highest BCUT2D eigenvalue weighted by atomic mass is 16.4. The van der Waals surface area contributed by atoms with Gasteiger partial charge in [-0.3, -0.25) is 9.69 Å². The van der Waals surface area contributed by atoms with Crippen molar-refractivity contribution in [1.29, 1.82) is 0 Å². The number of nitrogens with zero attached hydrogens (tertiary/aromatic N) is 1. The lowest BCUT2D eigenvalue weighted by Gasteiger charge is -2.38. The van der Waals surface area contributed by atoms with Crippen LogP contribution in [0.15, 0.2) is 25.3 Å². The summed E-state index contributed by atoms with van der Waals surface area (Å²) in [7, 11) is 0. The molecule has 5 heteroatoms. The van der Waals surface area contributed by atoms with Crippen LogP contribution in [-0.2, 0) is 4.79 Å². The van der Waals surface area contributed by atoms with E-state index in [0.717, 1.165) is 4.90 Å². The predicted octanol–water partition coefficient (Wildman–Crippen LogP) is 2.01. The minimum Gasteiger partial charge on any atom is -0.465 e. The number of rotatable bonds is 6. The molecule has 102 valence electrons. The van der Waals surface area contributed by atoms with Gasteiger partial charge in [-0.2, -0.15) is 0 Å². The number of hydrogen-bond donors (Lipinski definition) is 2. The fraction of sp³-hybridized carbons (Fsp3) is 0.538. The normalized spacial score (nSPS) is 12.4. The van der Waals surface area contributed by atoms with Crippen LogP contribution in [0.3, 0.4) is 0 Å². The van der Waals surface area contributed by atoms with Gasteiger partial charge in [0.15, 0.2) is 0 Å². The Bertz CT molecular complexity index is 332. The third kappa shape index (κ3) is 4.61. The largest absolute Gasteiger partial charge is 0.465 e. The number of hydrogen-bond acceptors (Lipinski definition) is 2. The molecule has 1 atom stereocenters. The van der Waals surface area contributed by atoms with E-state index in [0.29, 0.717) is 6.54 Å². The average molecular weight is 254 g/mol. The highest BCUT2D eigenvalue weighted by molar-refractivity contribution is 5.85. The third-order valence-electron chi connectivity index (χ3n) is 2.35. The molecule has 0 rings (SSSR count). The fourth-order valence-corrected chi connectivity index (χ4v) is 1.67. The Hall–Kier alpha value is -1.78. The van der Waals surface area contributed by atoms with Crippen LogP contribution in [0.25, 0.3) is 0 Å². The van der Waals surface area contributed by atoms with E-state index in [1.807, 2.05) is 0 Å². The van der Waals surface area contributed by atoms with Crippen molar-refractivity contribution in [3.8, 4) is 0 Å². The second-order valence-electron chi connectivity index (χ2n) is 4.90. The fourth-order valence-electron chi connectivity index (χ4n) is 1.67. The van der Waals surface area contributed by atoms with Crippen LogP contribution in [-0.4, -0.2) is 40.1 Å². The van der Waals surface area contributed by atoms with E-state index < -0.39 is 17.7 Å². The second kappa shape index (κ2) is 6.83. The van der Waals surface area contributed by atoms with Crippen molar-refractivity contribution in [2.75, 3.05) is 6.54 Å². The van der Waals surface area contributed by atoms with Gasteiger partial charge in [0.25, 0.3) is 0 Å². The molecule has 0 aliphatic heterocycles. The molecule has 0 bridgehead atoms. The van der Waals surface area contributed by atoms with Gasteiger partial charge in [0, 0.05) is 12.1 Å². The van der Waals surface area contributed by atoms with Crippen LogP contribution >= 0.6 is 0 Å². The van der Waals surface area contributed by atoms with Gasteiger partial charge in [0.05, 0.1) is 0 Å². The second-order valence-corrected chi connectivity index (χ2v) is 4.90. The molecule has 0 aromatic heterocycles. The maximum atomic E-state index is 12.0. The van der Waals surface area contributed by atoms with Gasteiger partial charge in [-0.05, 0) is 27.2 Å². The first-order chi connectivity index (χ1) is 8.25. The molecule has 0 saturated heterocycles. The molecule has 0 aliphatic rings. The maximum Gasteiger partial charge on any atom is 0.408 e. The Morgan fingerprint density at radius 3 is 2.22 bits per heavy atom. The molecule has 0 fully saturated rings. The SMILES string of the molecule is C=CCNC(=O)[C@H](CC=C)N(C(=O)O)C(C)(C)C. The van der Waals surface area contributed by atoms with E-state index in [1.54, 1.807) is 32.9 Å². The zero-order valence-electron chi connectivity index (χ0n) is 11.3. The van der Waals surface area contributed by atoms with Crippen molar-refractivity contribution in [1.82, 2.24) is 10.2 Å². The van der Waals surface area contributed by atoms with Crippen molar-refractivity contribution in [3.63, 3.8) is 0 Å².